The zero-order valence-electron chi connectivity index (χ0n) is 13.2. The summed E-state index contributed by atoms with van der Waals surface area (Å²) in [6.07, 6.45) is 5.31. The molecule has 0 radical (unpaired) electrons. The third-order valence-electron chi connectivity index (χ3n) is 4.91. The topological polar surface area (TPSA) is 88.3 Å². The first-order valence-corrected chi connectivity index (χ1v) is 7.95. The van der Waals surface area contributed by atoms with E-state index in [-0.39, 0.29) is 22.1 Å². The largest absolute Gasteiger partial charge is 0.392 e. The van der Waals surface area contributed by atoms with E-state index in [9.17, 15) is 15.2 Å². The molecule has 6 nitrogen and oxygen atoms in total. The first-order chi connectivity index (χ1) is 11.0. The molecule has 1 aromatic heterocycles. The summed E-state index contributed by atoms with van der Waals surface area (Å²) in [5.74, 6) is 0. The van der Waals surface area contributed by atoms with Crippen molar-refractivity contribution in [2.75, 3.05) is 11.9 Å². The summed E-state index contributed by atoms with van der Waals surface area (Å²) in [6, 6.07) is 6.62. The molecule has 2 unspecified atom stereocenters. The standard InChI is InChI=1S/C17H21N3O3/c1-17(9-3-2-6-15(17)21)11-19-13-7-8-14(20(22)23)12-5-4-10-18-16(12)13/h4-5,7-8,10,15,19,21H,2-3,6,9,11H2,1H3. The minimum atomic E-state index is -0.389. The number of rotatable bonds is 4. The van der Waals surface area contributed by atoms with Crippen LogP contribution in [-0.4, -0.2) is 27.7 Å². The number of nitrogens with zero attached hydrogens (tertiary/aromatic N) is 2. The van der Waals surface area contributed by atoms with Gasteiger partial charge >= 0.3 is 0 Å². The molecule has 2 atom stereocenters. The van der Waals surface area contributed by atoms with Crippen LogP contribution >= 0.6 is 0 Å². The molecular weight excluding hydrogens is 294 g/mol. The van der Waals surface area contributed by atoms with Gasteiger partial charge in [0.15, 0.2) is 0 Å². The van der Waals surface area contributed by atoms with E-state index in [0.29, 0.717) is 17.4 Å². The van der Waals surface area contributed by atoms with E-state index < -0.39 is 0 Å². The van der Waals surface area contributed by atoms with Crippen LogP contribution in [0.25, 0.3) is 10.9 Å². The fourth-order valence-corrected chi connectivity index (χ4v) is 3.34. The van der Waals surface area contributed by atoms with Gasteiger partial charge in [0.25, 0.3) is 5.69 Å². The molecule has 2 aromatic rings. The summed E-state index contributed by atoms with van der Waals surface area (Å²) in [6.45, 7) is 2.71. The van der Waals surface area contributed by atoms with Gasteiger partial charge in [-0.25, -0.2) is 0 Å². The van der Waals surface area contributed by atoms with Gasteiger partial charge in [-0.05, 0) is 31.0 Å². The summed E-state index contributed by atoms with van der Waals surface area (Å²) in [4.78, 5) is 15.1. The Morgan fingerprint density at radius 3 is 3.00 bits per heavy atom. The van der Waals surface area contributed by atoms with Crippen molar-refractivity contribution in [1.82, 2.24) is 4.98 Å². The van der Waals surface area contributed by atoms with Crippen molar-refractivity contribution >= 4 is 22.3 Å². The van der Waals surface area contributed by atoms with E-state index in [0.717, 1.165) is 31.4 Å². The van der Waals surface area contributed by atoms with Gasteiger partial charge in [0.1, 0.15) is 5.52 Å². The molecule has 0 saturated heterocycles. The predicted molar refractivity (Wildman–Crippen MR) is 89.5 cm³/mol. The number of nitrogens with one attached hydrogen (secondary N) is 1. The highest BCUT2D eigenvalue weighted by Crippen LogP contribution is 2.37. The number of pyridine rings is 1. The molecule has 122 valence electrons. The molecule has 2 N–H and O–H groups in total. The van der Waals surface area contributed by atoms with Crippen molar-refractivity contribution in [2.24, 2.45) is 5.41 Å². The second-order valence-corrected chi connectivity index (χ2v) is 6.56. The van der Waals surface area contributed by atoms with Gasteiger partial charge in [-0.1, -0.05) is 19.8 Å². The molecule has 1 aliphatic rings. The SMILES string of the molecule is CC1(CNc2ccc([N+](=O)[O-])c3cccnc23)CCCCC1O. The maximum Gasteiger partial charge on any atom is 0.278 e. The lowest BCUT2D eigenvalue weighted by molar-refractivity contribution is -0.383. The number of aliphatic hydroxyl groups excluding tert-OH is 1. The number of benzene rings is 1. The van der Waals surface area contributed by atoms with Gasteiger partial charge in [0.05, 0.1) is 22.1 Å². The zero-order chi connectivity index (χ0) is 16.4. The summed E-state index contributed by atoms with van der Waals surface area (Å²) in [7, 11) is 0. The second-order valence-electron chi connectivity index (χ2n) is 6.56. The Morgan fingerprint density at radius 2 is 2.26 bits per heavy atom. The molecule has 0 amide bonds. The van der Waals surface area contributed by atoms with E-state index in [1.807, 2.05) is 0 Å². The van der Waals surface area contributed by atoms with Gasteiger partial charge in [-0.2, -0.15) is 0 Å². The Hall–Kier alpha value is -2.21. The fraction of sp³-hybridized carbons (Fsp3) is 0.471. The molecule has 6 heteroatoms. The first-order valence-electron chi connectivity index (χ1n) is 7.95. The highest BCUT2D eigenvalue weighted by molar-refractivity contribution is 5.96. The van der Waals surface area contributed by atoms with Gasteiger partial charge in [-0.15, -0.1) is 0 Å². The van der Waals surface area contributed by atoms with E-state index in [1.165, 1.54) is 6.07 Å². The minimum Gasteiger partial charge on any atom is -0.392 e. The Labute approximate surface area is 134 Å². The van der Waals surface area contributed by atoms with Gasteiger partial charge in [0, 0.05) is 24.2 Å². The lowest BCUT2D eigenvalue weighted by Gasteiger charge is -2.38. The van der Waals surface area contributed by atoms with E-state index >= 15 is 0 Å². The Morgan fingerprint density at radius 1 is 1.43 bits per heavy atom. The molecule has 3 rings (SSSR count). The van der Waals surface area contributed by atoms with Crippen LogP contribution in [0.3, 0.4) is 0 Å². The van der Waals surface area contributed by atoms with E-state index in [1.54, 1.807) is 24.4 Å². The maximum absolute atomic E-state index is 11.1. The van der Waals surface area contributed by atoms with Crippen molar-refractivity contribution in [2.45, 2.75) is 38.7 Å². The van der Waals surface area contributed by atoms with Crippen LogP contribution < -0.4 is 5.32 Å². The molecule has 0 bridgehead atoms. The van der Waals surface area contributed by atoms with Crippen molar-refractivity contribution in [3.8, 4) is 0 Å². The Balaban J connectivity index is 1.89. The maximum atomic E-state index is 11.1. The molecule has 1 fully saturated rings. The normalized spacial score (nSPS) is 24.5. The average Bonchev–Trinajstić information content (AvgIpc) is 2.55. The van der Waals surface area contributed by atoms with Crippen LogP contribution in [0, 0.1) is 15.5 Å². The molecule has 1 heterocycles. The highest BCUT2D eigenvalue weighted by atomic mass is 16.6. The number of hydrogen-bond acceptors (Lipinski definition) is 5. The monoisotopic (exact) mass is 315 g/mol. The fourth-order valence-electron chi connectivity index (χ4n) is 3.34. The number of aromatic nitrogens is 1. The van der Waals surface area contributed by atoms with Gasteiger partial charge < -0.3 is 10.4 Å². The lowest BCUT2D eigenvalue weighted by atomic mass is 9.73. The predicted octanol–water partition coefficient (Wildman–Crippen LogP) is 3.50. The summed E-state index contributed by atoms with van der Waals surface area (Å²) in [5, 5.41) is 25.3. The summed E-state index contributed by atoms with van der Waals surface area (Å²) >= 11 is 0. The molecule has 1 aromatic carbocycles. The van der Waals surface area contributed by atoms with Gasteiger partial charge in [0.2, 0.25) is 0 Å². The van der Waals surface area contributed by atoms with Crippen LogP contribution in [0.4, 0.5) is 11.4 Å². The smallest absolute Gasteiger partial charge is 0.278 e. The third kappa shape index (κ3) is 2.99. The van der Waals surface area contributed by atoms with E-state index in [4.69, 9.17) is 0 Å². The van der Waals surface area contributed by atoms with Crippen LogP contribution in [0.2, 0.25) is 0 Å². The number of non-ortho nitro benzene ring substituents is 1. The van der Waals surface area contributed by atoms with Crippen LogP contribution in [0.15, 0.2) is 30.5 Å². The number of nitro groups is 1. The minimum absolute atomic E-state index is 0.0579. The third-order valence-corrected chi connectivity index (χ3v) is 4.91. The van der Waals surface area contributed by atoms with Crippen molar-refractivity contribution < 1.29 is 10.0 Å². The molecule has 0 aliphatic heterocycles. The van der Waals surface area contributed by atoms with Crippen LogP contribution in [0.5, 0.6) is 0 Å². The molecule has 1 aliphatic carbocycles. The lowest BCUT2D eigenvalue weighted by Crippen LogP contribution is -2.41. The Kier molecular flexibility index (Phi) is 4.17. The average molecular weight is 315 g/mol. The molecule has 0 spiro atoms. The summed E-state index contributed by atoms with van der Waals surface area (Å²) in [5.41, 5.74) is 1.24. The van der Waals surface area contributed by atoms with Gasteiger partial charge in [-0.3, -0.25) is 15.1 Å². The Bertz CT molecular complexity index is 734. The van der Waals surface area contributed by atoms with Crippen molar-refractivity contribution in [1.29, 1.82) is 0 Å². The molecule has 1 saturated carbocycles. The molecule has 23 heavy (non-hydrogen) atoms. The summed E-state index contributed by atoms with van der Waals surface area (Å²) < 4.78 is 0. The van der Waals surface area contributed by atoms with Crippen LogP contribution in [-0.2, 0) is 0 Å². The first kappa shape index (κ1) is 15.7. The van der Waals surface area contributed by atoms with E-state index in [2.05, 4.69) is 17.2 Å². The van der Waals surface area contributed by atoms with Crippen molar-refractivity contribution in [3.63, 3.8) is 0 Å². The second kappa shape index (κ2) is 6.12. The number of fused-ring (bicyclic) bond motifs is 1. The number of aliphatic hydroxyl groups is 1. The zero-order valence-corrected chi connectivity index (χ0v) is 13.2. The van der Waals surface area contributed by atoms with Crippen molar-refractivity contribution in [3.05, 3.63) is 40.6 Å². The number of anilines is 1. The number of hydrogen-bond donors (Lipinski definition) is 2. The number of nitro benzene ring substituents is 1. The molecular formula is C17H21N3O3. The highest BCUT2D eigenvalue weighted by Gasteiger charge is 2.35. The quantitative estimate of drug-likeness (QED) is 0.666. The van der Waals surface area contributed by atoms with Crippen LogP contribution in [0.1, 0.15) is 32.6 Å².